The summed E-state index contributed by atoms with van der Waals surface area (Å²) >= 11 is 0. The molecule has 0 aromatic rings. The molecule has 0 aromatic heterocycles. The first-order valence-electron chi connectivity index (χ1n) is 8.15. The number of fused-ring (bicyclic) bond motifs is 2. The molecule has 3 aliphatic rings. The summed E-state index contributed by atoms with van der Waals surface area (Å²) in [5.74, 6) is 0.712. The number of hydrogen-bond donors (Lipinski definition) is 1. The van der Waals surface area contributed by atoms with E-state index in [9.17, 15) is 9.59 Å². The van der Waals surface area contributed by atoms with Crippen molar-refractivity contribution in [2.45, 2.75) is 78.4 Å². The van der Waals surface area contributed by atoms with Gasteiger partial charge in [0.25, 0.3) is 0 Å². The highest BCUT2D eigenvalue weighted by Gasteiger charge is 2.64. The van der Waals surface area contributed by atoms with Crippen molar-refractivity contribution in [1.82, 2.24) is 10.2 Å². The second-order valence-corrected chi connectivity index (χ2v) is 8.82. The lowest BCUT2D eigenvalue weighted by molar-refractivity contribution is -0.163. The van der Waals surface area contributed by atoms with E-state index in [1.54, 1.807) is 0 Å². The Kier molecular flexibility index (Phi) is 2.84. The minimum absolute atomic E-state index is 0.0261. The Bertz CT molecular complexity index is 506. The van der Waals surface area contributed by atoms with E-state index in [4.69, 9.17) is 0 Å². The van der Waals surface area contributed by atoms with Crippen LogP contribution in [0.15, 0.2) is 0 Å². The Balaban J connectivity index is 2.05. The molecule has 0 spiro atoms. The monoisotopic (exact) mass is 292 g/mol. The van der Waals surface area contributed by atoms with Crippen LogP contribution in [-0.2, 0) is 9.59 Å². The summed E-state index contributed by atoms with van der Waals surface area (Å²) in [5, 5.41) is 2.86. The van der Waals surface area contributed by atoms with Crippen molar-refractivity contribution in [2.24, 2.45) is 16.7 Å². The van der Waals surface area contributed by atoms with Crippen LogP contribution in [0.1, 0.15) is 60.8 Å². The topological polar surface area (TPSA) is 49.4 Å². The summed E-state index contributed by atoms with van der Waals surface area (Å²) in [4.78, 5) is 27.3. The molecule has 4 heteroatoms. The van der Waals surface area contributed by atoms with Gasteiger partial charge in [-0.3, -0.25) is 9.59 Å². The molecular formula is C17H28N2O2. The Morgan fingerprint density at radius 1 is 1.14 bits per heavy atom. The molecule has 4 unspecified atom stereocenters. The third kappa shape index (κ3) is 1.80. The van der Waals surface area contributed by atoms with Crippen molar-refractivity contribution in [1.29, 1.82) is 0 Å². The Labute approximate surface area is 127 Å². The molecule has 1 heterocycles. The van der Waals surface area contributed by atoms with Gasteiger partial charge in [0.05, 0.1) is 0 Å². The summed E-state index contributed by atoms with van der Waals surface area (Å²) in [7, 11) is 0. The van der Waals surface area contributed by atoms with Gasteiger partial charge < -0.3 is 10.2 Å². The normalized spacial score (nSPS) is 44.1. The predicted molar refractivity (Wildman–Crippen MR) is 81.5 cm³/mol. The maximum Gasteiger partial charge on any atom is 0.248 e. The molecule has 118 valence electrons. The van der Waals surface area contributed by atoms with Gasteiger partial charge in [0, 0.05) is 6.04 Å². The third-order valence-electron chi connectivity index (χ3n) is 6.47. The Morgan fingerprint density at radius 3 is 2.29 bits per heavy atom. The quantitative estimate of drug-likeness (QED) is 0.806. The lowest BCUT2D eigenvalue weighted by Gasteiger charge is -2.54. The van der Waals surface area contributed by atoms with Gasteiger partial charge in [-0.25, -0.2) is 0 Å². The zero-order chi connectivity index (χ0) is 15.8. The molecule has 2 amide bonds. The number of hydrogen-bond acceptors (Lipinski definition) is 2. The van der Waals surface area contributed by atoms with Gasteiger partial charge in [-0.2, -0.15) is 0 Å². The molecule has 4 atom stereocenters. The first-order valence-corrected chi connectivity index (χ1v) is 8.15. The largest absolute Gasteiger partial charge is 0.340 e. The summed E-state index contributed by atoms with van der Waals surface area (Å²) in [5.41, 5.74) is -0.547. The minimum atomic E-state index is -0.794. The fourth-order valence-corrected chi connectivity index (χ4v) is 5.40. The van der Waals surface area contributed by atoms with Crippen molar-refractivity contribution in [3.63, 3.8) is 0 Å². The number of piperazine rings is 1. The number of carbonyl (C=O) groups is 2. The molecule has 0 aromatic carbocycles. The SMILES string of the molecule is CC1C(=O)NC(C)(C)C(=O)N1C1C2(C)CCC(C2)C1(C)C. The summed E-state index contributed by atoms with van der Waals surface area (Å²) in [6.07, 6.45) is 3.61. The average Bonchev–Trinajstić information content (AvgIpc) is 2.82. The fraction of sp³-hybridized carbons (Fsp3) is 0.882. The first kappa shape index (κ1) is 14.9. The van der Waals surface area contributed by atoms with Gasteiger partial charge in [0.2, 0.25) is 11.8 Å². The van der Waals surface area contributed by atoms with E-state index in [2.05, 4.69) is 26.1 Å². The van der Waals surface area contributed by atoms with Gasteiger partial charge in [-0.05, 0) is 56.8 Å². The van der Waals surface area contributed by atoms with Crippen LogP contribution in [0.5, 0.6) is 0 Å². The molecule has 1 N–H and O–H groups in total. The van der Waals surface area contributed by atoms with Crippen LogP contribution in [0.4, 0.5) is 0 Å². The first-order chi connectivity index (χ1) is 9.51. The Morgan fingerprint density at radius 2 is 1.76 bits per heavy atom. The second-order valence-electron chi connectivity index (χ2n) is 8.82. The van der Waals surface area contributed by atoms with Crippen molar-refractivity contribution in [3.8, 4) is 0 Å². The van der Waals surface area contributed by atoms with Crippen LogP contribution in [0.2, 0.25) is 0 Å². The number of nitrogens with zero attached hydrogens (tertiary/aromatic N) is 1. The minimum Gasteiger partial charge on any atom is -0.340 e. The predicted octanol–water partition coefficient (Wildman–Crippen LogP) is 2.33. The molecule has 0 radical (unpaired) electrons. The fourth-order valence-electron chi connectivity index (χ4n) is 5.40. The molecule has 2 saturated carbocycles. The van der Waals surface area contributed by atoms with E-state index in [-0.39, 0.29) is 34.7 Å². The van der Waals surface area contributed by atoms with E-state index in [0.717, 1.165) is 0 Å². The molecule has 3 fully saturated rings. The van der Waals surface area contributed by atoms with Gasteiger partial charge >= 0.3 is 0 Å². The standard InChI is InChI=1S/C17H28N2O2/c1-10-12(20)18-16(4,5)14(21)19(10)13-15(2,3)11-7-8-17(13,6)9-11/h10-11,13H,7-9H2,1-6H3,(H,18,20). The van der Waals surface area contributed by atoms with Gasteiger partial charge in [0.15, 0.2) is 0 Å². The van der Waals surface area contributed by atoms with Crippen LogP contribution in [0.3, 0.4) is 0 Å². The van der Waals surface area contributed by atoms with E-state index in [0.29, 0.717) is 5.92 Å². The number of rotatable bonds is 1. The van der Waals surface area contributed by atoms with Crippen molar-refractivity contribution in [3.05, 3.63) is 0 Å². The summed E-state index contributed by atoms with van der Waals surface area (Å²) in [6.45, 7) is 12.4. The van der Waals surface area contributed by atoms with Gasteiger partial charge in [-0.15, -0.1) is 0 Å². The molecule has 1 saturated heterocycles. The lowest BCUT2D eigenvalue weighted by Crippen LogP contribution is -2.72. The third-order valence-corrected chi connectivity index (χ3v) is 6.47. The highest BCUT2D eigenvalue weighted by Crippen LogP contribution is 2.64. The average molecular weight is 292 g/mol. The smallest absolute Gasteiger partial charge is 0.248 e. The second kappa shape index (κ2) is 4.02. The van der Waals surface area contributed by atoms with Crippen molar-refractivity contribution in [2.75, 3.05) is 0 Å². The zero-order valence-electron chi connectivity index (χ0n) is 14.1. The van der Waals surface area contributed by atoms with Crippen LogP contribution in [0, 0.1) is 16.7 Å². The molecule has 2 bridgehead atoms. The van der Waals surface area contributed by atoms with Crippen molar-refractivity contribution >= 4 is 11.8 Å². The molecule has 2 aliphatic carbocycles. The van der Waals surface area contributed by atoms with E-state index in [1.165, 1.54) is 19.3 Å². The van der Waals surface area contributed by atoms with Gasteiger partial charge in [0.1, 0.15) is 11.6 Å². The van der Waals surface area contributed by atoms with Gasteiger partial charge in [-0.1, -0.05) is 20.8 Å². The highest BCUT2D eigenvalue weighted by molar-refractivity contribution is 5.99. The number of nitrogens with one attached hydrogen (secondary N) is 1. The van der Waals surface area contributed by atoms with Crippen LogP contribution < -0.4 is 5.32 Å². The lowest BCUT2D eigenvalue weighted by atomic mass is 9.66. The molecule has 1 aliphatic heterocycles. The number of carbonyl (C=O) groups excluding carboxylic acids is 2. The molecular weight excluding hydrogens is 264 g/mol. The van der Waals surface area contributed by atoms with Crippen LogP contribution in [-0.4, -0.2) is 34.3 Å². The highest BCUT2D eigenvalue weighted by atomic mass is 16.2. The van der Waals surface area contributed by atoms with Crippen LogP contribution >= 0.6 is 0 Å². The van der Waals surface area contributed by atoms with E-state index >= 15 is 0 Å². The maximum atomic E-state index is 13.0. The molecule has 3 rings (SSSR count). The Hall–Kier alpha value is -1.06. The van der Waals surface area contributed by atoms with Crippen LogP contribution in [0.25, 0.3) is 0 Å². The number of amides is 2. The molecule has 4 nitrogen and oxygen atoms in total. The molecule has 21 heavy (non-hydrogen) atoms. The van der Waals surface area contributed by atoms with Crippen molar-refractivity contribution < 1.29 is 9.59 Å². The summed E-state index contributed by atoms with van der Waals surface area (Å²) < 4.78 is 0. The zero-order valence-corrected chi connectivity index (χ0v) is 14.1. The van der Waals surface area contributed by atoms with E-state index in [1.807, 2.05) is 25.7 Å². The maximum absolute atomic E-state index is 13.0. The van der Waals surface area contributed by atoms with E-state index < -0.39 is 5.54 Å². The summed E-state index contributed by atoms with van der Waals surface area (Å²) in [6, 6.07) is -0.206.